The molecule has 2 heteroatoms. The van der Waals surface area contributed by atoms with Crippen molar-refractivity contribution < 1.29 is 0 Å². The van der Waals surface area contributed by atoms with Gasteiger partial charge in [0.05, 0.1) is 16.6 Å². The van der Waals surface area contributed by atoms with Crippen LogP contribution in [0.4, 0.5) is 11.4 Å². The molecule has 1 aromatic heterocycles. The SMILES string of the molecule is CC12C=CC(c3ccccc3)=CC1c1cc(-c3ccccc3)ccc1N2c1cccc(-c2cccc(-n3c4ccc(-c5ccccc5)cc4c4cc(-c5ccccc5)ccc43)c2)c1. The minimum absolute atomic E-state index is 0.156. The van der Waals surface area contributed by atoms with E-state index in [0.717, 1.165) is 5.69 Å². The van der Waals surface area contributed by atoms with Crippen LogP contribution in [0.3, 0.4) is 0 Å². The Kier molecular flexibility index (Phi) is 8.72. The van der Waals surface area contributed by atoms with E-state index >= 15 is 0 Å². The Hall–Kier alpha value is -7.94. The van der Waals surface area contributed by atoms with Crippen LogP contribution in [0, 0.1) is 0 Å². The van der Waals surface area contributed by atoms with Gasteiger partial charge in [0.25, 0.3) is 0 Å². The summed E-state index contributed by atoms with van der Waals surface area (Å²) in [5.74, 6) is 0.156. The van der Waals surface area contributed by atoms with E-state index < -0.39 is 0 Å². The third kappa shape index (κ3) is 6.25. The van der Waals surface area contributed by atoms with E-state index in [0.29, 0.717) is 0 Å². The molecule has 9 aromatic carbocycles. The molecule has 2 heterocycles. The molecule has 1 aliphatic carbocycles. The van der Waals surface area contributed by atoms with Crippen LogP contribution in [0.1, 0.15) is 24.0 Å². The smallest absolute Gasteiger partial charge is 0.0712 e. The fourth-order valence-electron chi connectivity index (χ4n) is 10.3. The summed E-state index contributed by atoms with van der Waals surface area (Å²) >= 11 is 0. The summed E-state index contributed by atoms with van der Waals surface area (Å²) in [6.07, 6.45) is 7.26. The zero-order valence-corrected chi connectivity index (χ0v) is 35.1. The van der Waals surface area contributed by atoms with Crippen molar-refractivity contribution in [2.45, 2.75) is 18.4 Å². The van der Waals surface area contributed by atoms with E-state index in [4.69, 9.17) is 0 Å². The van der Waals surface area contributed by atoms with Crippen molar-refractivity contribution in [2.75, 3.05) is 4.90 Å². The Balaban J connectivity index is 0.974. The fraction of sp³-hybridized carbons (Fsp3) is 0.0492. The fourth-order valence-corrected chi connectivity index (χ4v) is 10.3. The number of benzene rings is 9. The molecule has 10 aromatic rings. The highest BCUT2D eigenvalue weighted by Crippen LogP contribution is 2.56. The molecule has 63 heavy (non-hydrogen) atoms. The lowest BCUT2D eigenvalue weighted by molar-refractivity contribution is 0.544. The lowest BCUT2D eigenvalue weighted by atomic mass is 9.77. The number of anilines is 2. The van der Waals surface area contributed by atoms with E-state index in [2.05, 4.69) is 259 Å². The molecule has 0 spiro atoms. The Bertz CT molecular complexity index is 3300. The van der Waals surface area contributed by atoms with Crippen LogP contribution in [-0.4, -0.2) is 10.1 Å². The quantitative estimate of drug-likeness (QED) is 0.156. The molecule has 0 amide bonds. The lowest BCUT2D eigenvalue weighted by Crippen LogP contribution is -2.42. The van der Waals surface area contributed by atoms with Gasteiger partial charge in [0.1, 0.15) is 0 Å². The zero-order valence-electron chi connectivity index (χ0n) is 35.1. The summed E-state index contributed by atoms with van der Waals surface area (Å²) < 4.78 is 2.44. The molecule has 12 rings (SSSR count). The van der Waals surface area contributed by atoms with Crippen LogP contribution in [0.25, 0.3) is 77.6 Å². The molecule has 2 atom stereocenters. The molecule has 0 fully saturated rings. The summed E-state index contributed by atoms with van der Waals surface area (Å²) in [6, 6.07) is 82.1. The molecule has 2 unspecified atom stereocenters. The number of hydrogen-bond donors (Lipinski definition) is 0. The third-order valence-corrected chi connectivity index (χ3v) is 13.4. The minimum atomic E-state index is -0.309. The Morgan fingerprint density at radius 2 is 0.825 bits per heavy atom. The molecule has 0 saturated heterocycles. The Labute approximate surface area is 369 Å². The van der Waals surface area contributed by atoms with Gasteiger partial charge < -0.3 is 9.47 Å². The summed E-state index contributed by atoms with van der Waals surface area (Å²) in [5.41, 5.74) is 19.2. The molecule has 0 radical (unpaired) electrons. The van der Waals surface area contributed by atoms with Crippen molar-refractivity contribution in [2.24, 2.45) is 0 Å². The van der Waals surface area contributed by atoms with E-state index in [1.807, 2.05) is 0 Å². The van der Waals surface area contributed by atoms with Crippen molar-refractivity contribution in [1.82, 2.24) is 4.57 Å². The predicted octanol–water partition coefficient (Wildman–Crippen LogP) is 16.1. The van der Waals surface area contributed by atoms with Crippen LogP contribution >= 0.6 is 0 Å². The van der Waals surface area contributed by atoms with Gasteiger partial charge in [0.2, 0.25) is 0 Å². The first kappa shape index (κ1) is 36.9. The van der Waals surface area contributed by atoms with Crippen LogP contribution in [0.2, 0.25) is 0 Å². The van der Waals surface area contributed by atoms with Crippen molar-refractivity contribution in [1.29, 1.82) is 0 Å². The van der Waals surface area contributed by atoms with Crippen molar-refractivity contribution in [3.05, 3.63) is 254 Å². The standard InChI is InChI=1S/C61H44N2/c1-61-35-34-51(45-22-12-5-13-23-45)41-57(61)56-40-50(44-20-10-4-11-21-44)30-33-60(56)63(61)53-27-15-25-47(37-53)46-24-14-26-52(36-46)62-58-31-28-48(42-16-6-2-7-17-42)38-54(58)55-39-49(29-32-59(55)62)43-18-8-3-9-19-43/h2-41,57H,1H3. The number of aromatic nitrogens is 1. The second-order valence-electron chi connectivity index (χ2n) is 17.1. The predicted molar refractivity (Wildman–Crippen MR) is 266 cm³/mol. The van der Waals surface area contributed by atoms with Gasteiger partial charge in [-0.15, -0.1) is 0 Å². The summed E-state index contributed by atoms with van der Waals surface area (Å²) in [7, 11) is 0. The van der Waals surface area contributed by atoms with E-state index in [1.54, 1.807) is 0 Å². The van der Waals surface area contributed by atoms with Crippen LogP contribution < -0.4 is 4.90 Å². The van der Waals surface area contributed by atoms with Gasteiger partial charge in [-0.1, -0.05) is 182 Å². The molecule has 2 aliphatic rings. The van der Waals surface area contributed by atoms with Gasteiger partial charge in [-0.05, 0) is 129 Å². The summed E-state index contributed by atoms with van der Waals surface area (Å²) in [4.78, 5) is 2.57. The molecule has 0 bridgehead atoms. The summed E-state index contributed by atoms with van der Waals surface area (Å²) in [6.45, 7) is 2.40. The third-order valence-electron chi connectivity index (χ3n) is 13.4. The topological polar surface area (TPSA) is 8.17 Å². The number of allylic oxidation sites excluding steroid dienone is 2. The van der Waals surface area contributed by atoms with E-state index in [9.17, 15) is 0 Å². The number of hydrogen-bond acceptors (Lipinski definition) is 1. The Morgan fingerprint density at radius 3 is 1.38 bits per heavy atom. The first-order valence-electron chi connectivity index (χ1n) is 22.0. The molecule has 0 N–H and O–H groups in total. The van der Waals surface area contributed by atoms with Gasteiger partial charge in [-0.3, -0.25) is 0 Å². The van der Waals surface area contributed by atoms with E-state index in [-0.39, 0.29) is 11.5 Å². The molecule has 298 valence electrons. The number of fused-ring (bicyclic) bond motifs is 6. The maximum Gasteiger partial charge on any atom is 0.0712 e. The second kappa shape index (κ2) is 14.9. The lowest BCUT2D eigenvalue weighted by Gasteiger charge is -2.40. The van der Waals surface area contributed by atoms with Gasteiger partial charge in [-0.2, -0.15) is 0 Å². The highest BCUT2D eigenvalue weighted by molar-refractivity contribution is 6.11. The normalized spacial score (nSPS) is 16.6. The zero-order chi connectivity index (χ0) is 41.9. The Morgan fingerprint density at radius 1 is 0.381 bits per heavy atom. The first-order chi connectivity index (χ1) is 31.1. The van der Waals surface area contributed by atoms with Gasteiger partial charge in [-0.25, -0.2) is 0 Å². The van der Waals surface area contributed by atoms with Gasteiger partial charge >= 0.3 is 0 Å². The highest BCUT2D eigenvalue weighted by atomic mass is 15.2. The molecular formula is C61H44N2. The second-order valence-corrected chi connectivity index (χ2v) is 17.1. The monoisotopic (exact) mass is 804 g/mol. The highest BCUT2D eigenvalue weighted by Gasteiger charge is 2.48. The average Bonchev–Trinajstić information content (AvgIpc) is 3.82. The van der Waals surface area contributed by atoms with Crippen molar-refractivity contribution in [3.8, 4) is 50.2 Å². The summed E-state index contributed by atoms with van der Waals surface area (Å²) in [5, 5.41) is 2.49. The number of rotatable bonds is 7. The minimum Gasteiger partial charge on any atom is -0.331 e. The molecule has 0 saturated carbocycles. The average molecular weight is 805 g/mol. The van der Waals surface area contributed by atoms with Gasteiger partial charge in [0.15, 0.2) is 0 Å². The van der Waals surface area contributed by atoms with E-state index in [1.165, 1.54) is 94.4 Å². The molecule has 2 nitrogen and oxygen atoms in total. The molecule has 1 aliphatic heterocycles. The van der Waals surface area contributed by atoms with Crippen molar-refractivity contribution in [3.63, 3.8) is 0 Å². The molecular weight excluding hydrogens is 761 g/mol. The maximum absolute atomic E-state index is 2.57. The van der Waals surface area contributed by atoms with Crippen LogP contribution in [-0.2, 0) is 0 Å². The maximum atomic E-state index is 2.57. The largest absolute Gasteiger partial charge is 0.331 e. The van der Waals surface area contributed by atoms with Crippen LogP contribution in [0.15, 0.2) is 243 Å². The van der Waals surface area contributed by atoms with Crippen LogP contribution in [0.5, 0.6) is 0 Å². The number of nitrogens with zero attached hydrogens (tertiary/aromatic N) is 2. The van der Waals surface area contributed by atoms with Crippen molar-refractivity contribution >= 4 is 38.8 Å². The van der Waals surface area contributed by atoms with Gasteiger partial charge in [0, 0.05) is 33.8 Å². The first-order valence-corrected chi connectivity index (χ1v) is 22.0.